The molecule has 0 saturated heterocycles. The fraction of sp³-hybridized carbons (Fsp3) is 1.00. The Bertz CT molecular complexity index is 64.1. The summed E-state index contributed by atoms with van der Waals surface area (Å²) in [6.07, 6.45) is 6.98. The fourth-order valence-electron chi connectivity index (χ4n) is 1.23. The second-order valence-corrected chi connectivity index (χ2v) is 2.43. The number of rotatable bonds is 1. The predicted octanol–water partition coefficient (Wildman–Crippen LogP) is -2.50. The van der Waals surface area contributed by atoms with Crippen LogP contribution in [-0.4, -0.2) is 6.10 Å². The Morgan fingerprint density at radius 3 is 2.00 bits per heavy atom. The second-order valence-electron chi connectivity index (χ2n) is 2.43. The highest BCUT2D eigenvalue weighted by molar-refractivity contribution is 4.62. The van der Waals surface area contributed by atoms with Gasteiger partial charge >= 0.3 is 0 Å². The second kappa shape index (κ2) is 5.03. The van der Waals surface area contributed by atoms with Crippen molar-refractivity contribution in [1.29, 1.82) is 0 Å². The van der Waals surface area contributed by atoms with Gasteiger partial charge in [0.15, 0.2) is 0 Å². The Kier molecular flexibility index (Phi) is 5.15. The van der Waals surface area contributed by atoms with Gasteiger partial charge in [0.1, 0.15) is 6.10 Å². The molecule has 0 bridgehead atoms. The molecule has 0 spiro atoms. The molecular weight excluding hydrogens is 138 g/mol. The molecule has 56 valence electrons. The van der Waals surface area contributed by atoms with Crippen molar-refractivity contribution >= 4 is 0 Å². The zero-order valence-corrected chi connectivity index (χ0v) is 6.36. The minimum Gasteiger partial charge on any atom is -1.00 e. The van der Waals surface area contributed by atoms with Crippen molar-refractivity contribution in [1.82, 2.24) is 0 Å². The summed E-state index contributed by atoms with van der Waals surface area (Å²) in [5, 5.41) is 0. The van der Waals surface area contributed by atoms with Gasteiger partial charge in [0.05, 0.1) is 0 Å². The highest BCUT2D eigenvalue weighted by Crippen LogP contribution is 2.18. The fourth-order valence-corrected chi connectivity index (χ4v) is 1.23. The average molecular weight is 152 g/mol. The number of quaternary nitrogens is 1. The first-order chi connectivity index (χ1) is 3.93. The summed E-state index contributed by atoms with van der Waals surface area (Å²) in [4.78, 5) is 4.94. The Morgan fingerprint density at radius 2 is 1.67 bits per heavy atom. The lowest BCUT2D eigenvalue weighted by molar-refractivity contribution is -0.703. The molecule has 9 heavy (non-hydrogen) atoms. The molecule has 0 aliphatic heterocycles. The third-order valence-corrected chi connectivity index (χ3v) is 1.79. The van der Waals surface area contributed by atoms with Crippen molar-refractivity contribution in [2.24, 2.45) is 0 Å². The molecule has 1 saturated carbocycles. The third-order valence-electron chi connectivity index (χ3n) is 1.79. The summed E-state index contributed by atoms with van der Waals surface area (Å²) in [6, 6.07) is 0. The van der Waals surface area contributed by atoms with Crippen LogP contribution < -0.4 is 18.3 Å². The lowest BCUT2D eigenvalue weighted by Crippen LogP contribution is -3.00. The normalized spacial score (nSPS) is 21.0. The molecule has 1 aliphatic carbocycles. The van der Waals surface area contributed by atoms with Crippen LogP contribution in [0.3, 0.4) is 0 Å². The molecule has 3 heteroatoms. The summed E-state index contributed by atoms with van der Waals surface area (Å²) in [5.41, 5.74) is 0. The predicted molar refractivity (Wildman–Crippen MR) is 30.8 cm³/mol. The maximum Gasteiger partial charge on any atom is 0.116 e. The Labute approximate surface area is 62.1 Å². The van der Waals surface area contributed by atoms with E-state index >= 15 is 0 Å². The molecule has 0 atom stereocenters. The molecule has 0 aromatic carbocycles. The van der Waals surface area contributed by atoms with E-state index in [0.29, 0.717) is 6.10 Å². The Balaban J connectivity index is 0.000000640. The topological polar surface area (TPSA) is 36.9 Å². The molecular formula is C6H14ClNO. The quantitative estimate of drug-likeness (QED) is 0.414. The van der Waals surface area contributed by atoms with Crippen molar-refractivity contribution in [3.05, 3.63) is 0 Å². The van der Waals surface area contributed by atoms with Gasteiger partial charge in [-0.15, -0.1) is 0 Å². The van der Waals surface area contributed by atoms with Crippen LogP contribution in [0.15, 0.2) is 0 Å². The Morgan fingerprint density at radius 1 is 1.11 bits per heavy atom. The summed E-state index contributed by atoms with van der Waals surface area (Å²) < 4.78 is 0. The SMILES string of the molecule is [Cl-].[NH3+]OC1CCCCC1. The smallest absolute Gasteiger partial charge is 0.116 e. The van der Waals surface area contributed by atoms with Crippen LogP contribution >= 0.6 is 0 Å². The van der Waals surface area contributed by atoms with Crippen LogP contribution in [-0.2, 0) is 4.84 Å². The highest BCUT2D eigenvalue weighted by atomic mass is 35.5. The van der Waals surface area contributed by atoms with Gasteiger partial charge in [0, 0.05) is 0 Å². The molecule has 2 nitrogen and oxygen atoms in total. The van der Waals surface area contributed by atoms with Gasteiger partial charge in [-0.1, -0.05) is 19.3 Å². The molecule has 0 aromatic rings. The van der Waals surface area contributed by atoms with Crippen molar-refractivity contribution in [3.63, 3.8) is 0 Å². The monoisotopic (exact) mass is 151 g/mol. The maximum absolute atomic E-state index is 4.94. The maximum atomic E-state index is 4.94. The van der Waals surface area contributed by atoms with E-state index in [-0.39, 0.29) is 12.4 Å². The van der Waals surface area contributed by atoms with E-state index in [1.165, 1.54) is 32.1 Å². The van der Waals surface area contributed by atoms with E-state index < -0.39 is 0 Å². The van der Waals surface area contributed by atoms with Crippen molar-refractivity contribution in [2.45, 2.75) is 38.2 Å². The first kappa shape index (κ1) is 9.21. The third kappa shape index (κ3) is 3.04. The van der Waals surface area contributed by atoms with Crippen LogP contribution in [0.5, 0.6) is 0 Å². The minimum absolute atomic E-state index is 0. The summed E-state index contributed by atoms with van der Waals surface area (Å²) in [6.45, 7) is 0. The molecule has 0 amide bonds. The zero-order valence-electron chi connectivity index (χ0n) is 5.61. The van der Waals surface area contributed by atoms with Gasteiger partial charge in [-0.25, -0.2) is 10.7 Å². The number of hydrogen-bond acceptors (Lipinski definition) is 1. The van der Waals surface area contributed by atoms with Gasteiger partial charge in [-0.2, -0.15) is 0 Å². The first-order valence-corrected chi connectivity index (χ1v) is 3.34. The van der Waals surface area contributed by atoms with Crippen LogP contribution in [0.2, 0.25) is 0 Å². The standard InChI is InChI=1S/C6H14NO.ClH/c7-8-6-4-2-1-3-5-6;/h6H,1-5H2,7H3;1H/q+1;/p-1. The number of halogens is 1. The molecule has 0 unspecified atom stereocenters. The lowest BCUT2D eigenvalue weighted by atomic mass is 9.98. The Hall–Kier alpha value is 0.210. The highest BCUT2D eigenvalue weighted by Gasteiger charge is 2.13. The summed E-state index contributed by atoms with van der Waals surface area (Å²) >= 11 is 0. The van der Waals surface area contributed by atoms with E-state index in [4.69, 9.17) is 4.84 Å². The number of hydrogen-bond donors (Lipinski definition) is 1. The van der Waals surface area contributed by atoms with E-state index in [0.717, 1.165) is 0 Å². The van der Waals surface area contributed by atoms with E-state index in [2.05, 4.69) is 5.90 Å². The zero-order chi connectivity index (χ0) is 5.82. The van der Waals surface area contributed by atoms with Gasteiger partial charge in [0.2, 0.25) is 0 Å². The van der Waals surface area contributed by atoms with Crippen molar-refractivity contribution < 1.29 is 23.1 Å². The molecule has 1 rings (SSSR count). The first-order valence-electron chi connectivity index (χ1n) is 3.34. The summed E-state index contributed by atoms with van der Waals surface area (Å²) in [7, 11) is 0. The molecule has 0 radical (unpaired) electrons. The average Bonchev–Trinajstić information content (AvgIpc) is 1.90. The molecule has 1 fully saturated rings. The minimum atomic E-state index is 0. The van der Waals surface area contributed by atoms with Crippen LogP contribution in [0.1, 0.15) is 32.1 Å². The van der Waals surface area contributed by atoms with Gasteiger partial charge < -0.3 is 12.4 Å². The molecule has 0 heterocycles. The van der Waals surface area contributed by atoms with E-state index in [1.807, 2.05) is 0 Å². The molecule has 1 aliphatic rings. The van der Waals surface area contributed by atoms with Crippen LogP contribution in [0.4, 0.5) is 0 Å². The summed E-state index contributed by atoms with van der Waals surface area (Å²) in [5.74, 6) is 3.41. The van der Waals surface area contributed by atoms with Gasteiger partial charge in [-0.3, -0.25) is 0 Å². The van der Waals surface area contributed by atoms with E-state index in [9.17, 15) is 0 Å². The van der Waals surface area contributed by atoms with Gasteiger partial charge in [0.25, 0.3) is 0 Å². The van der Waals surface area contributed by atoms with Crippen LogP contribution in [0.25, 0.3) is 0 Å². The van der Waals surface area contributed by atoms with Crippen molar-refractivity contribution in [3.8, 4) is 0 Å². The van der Waals surface area contributed by atoms with E-state index in [1.54, 1.807) is 0 Å². The molecule has 3 N–H and O–H groups in total. The largest absolute Gasteiger partial charge is 1.00 e. The van der Waals surface area contributed by atoms with Crippen molar-refractivity contribution in [2.75, 3.05) is 0 Å². The molecule has 0 aromatic heterocycles. The lowest BCUT2D eigenvalue weighted by Gasteiger charge is -2.15. The van der Waals surface area contributed by atoms with Crippen LogP contribution in [0, 0.1) is 0 Å². The van der Waals surface area contributed by atoms with Gasteiger partial charge in [-0.05, 0) is 12.8 Å².